The molecule has 1 aromatic carbocycles. The molecule has 1 fully saturated rings. The molecule has 0 aliphatic carbocycles. The summed E-state index contributed by atoms with van der Waals surface area (Å²) in [6, 6.07) is 8.06. The van der Waals surface area contributed by atoms with Crippen molar-refractivity contribution in [1.82, 2.24) is 10.3 Å². The molecule has 1 aromatic heterocycles. The maximum Gasteiger partial charge on any atom is 0.198 e. The molecule has 1 aliphatic heterocycles. The second-order valence-corrected chi connectivity index (χ2v) is 5.23. The first-order valence-corrected chi connectivity index (χ1v) is 7.13. The quantitative estimate of drug-likeness (QED) is 0.929. The van der Waals surface area contributed by atoms with Crippen LogP contribution in [0.4, 0.5) is 0 Å². The number of piperidine rings is 1. The summed E-state index contributed by atoms with van der Waals surface area (Å²) in [4.78, 5) is 4.44. The molecule has 0 saturated carbocycles. The van der Waals surface area contributed by atoms with E-state index in [2.05, 4.69) is 22.4 Å². The van der Waals surface area contributed by atoms with E-state index in [0.717, 1.165) is 43.3 Å². The van der Waals surface area contributed by atoms with Gasteiger partial charge < -0.3 is 14.5 Å². The second-order valence-electron chi connectivity index (χ2n) is 5.23. The zero-order valence-electron chi connectivity index (χ0n) is 11.8. The standard InChI is InChI=1S/C16H20N2O2/c1-19-14-6-4-12(5-7-14)9-15-11-18-16(20-15)13-3-2-8-17-10-13/h4-7,11,13,17H,2-3,8-10H2,1H3. The van der Waals surface area contributed by atoms with Gasteiger partial charge in [-0.25, -0.2) is 4.98 Å². The third-order valence-electron chi connectivity index (χ3n) is 3.75. The average Bonchev–Trinajstić information content (AvgIpc) is 2.97. The highest BCUT2D eigenvalue weighted by atomic mass is 16.5. The summed E-state index contributed by atoms with van der Waals surface area (Å²) in [6.07, 6.45) is 4.99. The van der Waals surface area contributed by atoms with E-state index in [1.54, 1.807) is 7.11 Å². The van der Waals surface area contributed by atoms with Crippen LogP contribution in [0.15, 0.2) is 34.9 Å². The normalized spacial score (nSPS) is 18.9. The molecule has 0 bridgehead atoms. The first-order valence-electron chi connectivity index (χ1n) is 7.13. The van der Waals surface area contributed by atoms with Gasteiger partial charge in [0, 0.05) is 18.9 Å². The number of nitrogens with one attached hydrogen (secondary N) is 1. The lowest BCUT2D eigenvalue weighted by molar-refractivity contribution is 0.365. The molecule has 2 aromatic rings. The van der Waals surface area contributed by atoms with Gasteiger partial charge in [-0.05, 0) is 37.1 Å². The number of hydrogen-bond acceptors (Lipinski definition) is 4. The van der Waals surface area contributed by atoms with Gasteiger partial charge in [-0.15, -0.1) is 0 Å². The Balaban J connectivity index is 1.66. The van der Waals surface area contributed by atoms with Crippen LogP contribution in [-0.2, 0) is 6.42 Å². The van der Waals surface area contributed by atoms with Crippen molar-refractivity contribution in [3.63, 3.8) is 0 Å². The number of rotatable bonds is 4. The Bertz CT molecular complexity index is 542. The topological polar surface area (TPSA) is 47.3 Å². The van der Waals surface area contributed by atoms with Crippen molar-refractivity contribution in [2.75, 3.05) is 20.2 Å². The van der Waals surface area contributed by atoms with Crippen molar-refractivity contribution in [2.24, 2.45) is 0 Å². The van der Waals surface area contributed by atoms with Crippen molar-refractivity contribution < 1.29 is 9.15 Å². The molecular weight excluding hydrogens is 252 g/mol. The molecule has 4 heteroatoms. The van der Waals surface area contributed by atoms with Crippen LogP contribution in [0.25, 0.3) is 0 Å². The summed E-state index contributed by atoms with van der Waals surface area (Å²) in [5.74, 6) is 3.10. The third-order valence-corrected chi connectivity index (χ3v) is 3.75. The Morgan fingerprint density at radius 3 is 2.90 bits per heavy atom. The van der Waals surface area contributed by atoms with Crippen molar-refractivity contribution in [3.8, 4) is 5.75 Å². The maximum absolute atomic E-state index is 5.90. The van der Waals surface area contributed by atoms with Crippen molar-refractivity contribution >= 4 is 0 Å². The van der Waals surface area contributed by atoms with Crippen molar-refractivity contribution in [3.05, 3.63) is 47.7 Å². The molecule has 1 saturated heterocycles. The fraction of sp³-hybridized carbons (Fsp3) is 0.438. The summed E-state index contributed by atoms with van der Waals surface area (Å²) in [5.41, 5.74) is 1.20. The average molecular weight is 272 g/mol. The van der Waals surface area contributed by atoms with Gasteiger partial charge in [-0.3, -0.25) is 0 Å². The lowest BCUT2D eigenvalue weighted by atomic mass is 10.00. The molecule has 1 unspecified atom stereocenters. The van der Waals surface area contributed by atoms with Gasteiger partial charge in [0.15, 0.2) is 5.89 Å². The molecule has 0 spiro atoms. The predicted molar refractivity (Wildman–Crippen MR) is 77.1 cm³/mol. The van der Waals surface area contributed by atoms with Crippen LogP contribution in [0.3, 0.4) is 0 Å². The van der Waals surface area contributed by atoms with Gasteiger partial charge >= 0.3 is 0 Å². The Kier molecular flexibility index (Phi) is 4.02. The van der Waals surface area contributed by atoms with Gasteiger partial charge in [-0.2, -0.15) is 0 Å². The number of benzene rings is 1. The van der Waals surface area contributed by atoms with E-state index in [9.17, 15) is 0 Å². The van der Waals surface area contributed by atoms with Gasteiger partial charge in [0.1, 0.15) is 11.5 Å². The highest BCUT2D eigenvalue weighted by Crippen LogP contribution is 2.24. The third kappa shape index (κ3) is 3.02. The van der Waals surface area contributed by atoms with E-state index in [1.165, 1.54) is 12.0 Å². The van der Waals surface area contributed by atoms with Gasteiger partial charge in [-0.1, -0.05) is 12.1 Å². The molecule has 4 nitrogen and oxygen atoms in total. The number of hydrogen-bond donors (Lipinski definition) is 1. The maximum atomic E-state index is 5.90. The van der Waals surface area contributed by atoms with E-state index in [4.69, 9.17) is 9.15 Å². The zero-order chi connectivity index (χ0) is 13.8. The van der Waals surface area contributed by atoms with Crippen LogP contribution in [0.5, 0.6) is 5.75 Å². The van der Waals surface area contributed by atoms with Crippen LogP contribution in [0, 0.1) is 0 Å². The number of ether oxygens (including phenoxy) is 1. The number of aromatic nitrogens is 1. The Morgan fingerprint density at radius 2 is 2.20 bits per heavy atom. The Hall–Kier alpha value is -1.81. The second kappa shape index (κ2) is 6.09. The van der Waals surface area contributed by atoms with Crippen LogP contribution >= 0.6 is 0 Å². The first-order chi connectivity index (χ1) is 9.85. The smallest absolute Gasteiger partial charge is 0.198 e. The fourth-order valence-electron chi connectivity index (χ4n) is 2.60. The molecule has 2 heterocycles. The minimum absolute atomic E-state index is 0.424. The largest absolute Gasteiger partial charge is 0.497 e. The molecule has 0 amide bonds. The van der Waals surface area contributed by atoms with Crippen molar-refractivity contribution in [1.29, 1.82) is 0 Å². The Labute approximate surface area is 119 Å². The molecule has 3 rings (SSSR count). The molecular formula is C16H20N2O2. The zero-order valence-corrected chi connectivity index (χ0v) is 11.8. The first kappa shape index (κ1) is 13.2. The molecule has 0 radical (unpaired) electrons. The SMILES string of the molecule is COc1ccc(Cc2cnc(C3CCCNC3)o2)cc1. The highest BCUT2D eigenvalue weighted by molar-refractivity contribution is 5.29. The van der Waals surface area contributed by atoms with E-state index >= 15 is 0 Å². The summed E-state index contributed by atoms with van der Waals surface area (Å²) < 4.78 is 11.1. The highest BCUT2D eigenvalue weighted by Gasteiger charge is 2.20. The van der Waals surface area contributed by atoms with E-state index in [1.807, 2.05) is 18.3 Å². The molecule has 20 heavy (non-hydrogen) atoms. The minimum atomic E-state index is 0.424. The Morgan fingerprint density at radius 1 is 1.35 bits per heavy atom. The van der Waals surface area contributed by atoms with E-state index in [-0.39, 0.29) is 0 Å². The number of oxazole rings is 1. The summed E-state index contributed by atoms with van der Waals surface area (Å²) in [7, 11) is 1.68. The van der Waals surface area contributed by atoms with Gasteiger partial charge in [0.25, 0.3) is 0 Å². The molecule has 1 aliphatic rings. The molecule has 106 valence electrons. The number of nitrogens with zero attached hydrogens (tertiary/aromatic N) is 1. The van der Waals surface area contributed by atoms with E-state index < -0.39 is 0 Å². The fourth-order valence-corrected chi connectivity index (χ4v) is 2.60. The van der Waals surface area contributed by atoms with Crippen LogP contribution in [0.2, 0.25) is 0 Å². The monoisotopic (exact) mass is 272 g/mol. The van der Waals surface area contributed by atoms with E-state index in [0.29, 0.717) is 5.92 Å². The number of methoxy groups -OCH3 is 1. The molecule has 1 N–H and O–H groups in total. The van der Waals surface area contributed by atoms with Crippen molar-refractivity contribution in [2.45, 2.75) is 25.2 Å². The summed E-state index contributed by atoms with van der Waals surface area (Å²) >= 11 is 0. The van der Waals surface area contributed by atoms with Crippen LogP contribution in [-0.4, -0.2) is 25.2 Å². The van der Waals surface area contributed by atoms with Gasteiger partial charge in [0.05, 0.1) is 13.3 Å². The van der Waals surface area contributed by atoms with Crippen LogP contribution in [0.1, 0.15) is 36.0 Å². The van der Waals surface area contributed by atoms with Gasteiger partial charge in [0.2, 0.25) is 0 Å². The summed E-state index contributed by atoms with van der Waals surface area (Å²) in [5, 5.41) is 3.39. The van der Waals surface area contributed by atoms with Crippen LogP contribution < -0.4 is 10.1 Å². The minimum Gasteiger partial charge on any atom is -0.497 e. The predicted octanol–water partition coefficient (Wildman–Crippen LogP) is 2.74. The lowest BCUT2D eigenvalue weighted by Crippen LogP contribution is -2.28. The summed E-state index contributed by atoms with van der Waals surface area (Å²) in [6.45, 7) is 2.08. The lowest BCUT2D eigenvalue weighted by Gasteiger charge is -2.19. The molecule has 1 atom stereocenters.